The number of likely N-dealkylation sites (tertiary alicyclic amines) is 2. The first-order valence-corrected chi connectivity index (χ1v) is 21.5. The summed E-state index contributed by atoms with van der Waals surface area (Å²) in [5.41, 5.74) is 7.96. The minimum atomic E-state index is -0.729. The molecule has 9 rings (SSSR count). The van der Waals surface area contributed by atoms with Gasteiger partial charge in [0.05, 0.1) is 49.2 Å². The Hall–Kier alpha value is -6.51. The molecule has 1 unspecified atom stereocenters. The molecule has 3 fully saturated rings. The molecule has 2 bridgehead atoms. The first-order valence-electron chi connectivity index (χ1n) is 21.5. The van der Waals surface area contributed by atoms with Crippen molar-refractivity contribution >= 4 is 40.8 Å². The largest absolute Gasteiger partial charge is 0.453 e. The molecule has 15 nitrogen and oxygen atoms in total. The van der Waals surface area contributed by atoms with Crippen LogP contribution in [0.4, 0.5) is 9.59 Å². The van der Waals surface area contributed by atoms with Crippen molar-refractivity contribution in [2.24, 2.45) is 17.8 Å². The number of amides is 4. The molecule has 1 saturated carbocycles. The molecule has 322 valence electrons. The van der Waals surface area contributed by atoms with Gasteiger partial charge in [0.25, 0.3) is 0 Å². The predicted molar refractivity (Wildman–Crippen MR) is 231 cm³/mol. The average molecular weight is 841 g/mol. The molecule has 0 spiro atoms. The van der Waals surface area contributed by atoms with Gasteiger partial charge in [-0.3, -0.25) is 14.4 Å². The maximum absolute atomic E-state index is 14.1. The molecule has 62 heavy (non-hydrogen) atoms. The summed E-state index contributed by atoms with van der Waals surface area (Å²) < 4.78 is 9.61. The van der Waals surface area contributed by atoms with E-state index in [-0.39, 0.29) is 53.5 Å². The molecule has 5 aromatic rings. The third kappa shape index (κ3) is 7.06. The van der Waals surface area contributed by atoms with E-state index in [0.29, 0.717) is 23.5 Å². The molecular formula is C47H52N8O7. The number of hydrogen-bond acceptors (Lipinski definition) is 9. The van der Waals surface area contributed by atoms with Crippen molar-refractivity contribution in [3.63, 3.8) is 0 Å². The number of aromatic amines is 2. The molecule has 4 heterocycles. The number of hydrogen-bond donors (Lipinski definition) is 4. The smallest absolute Gasteiger partial charge is 0.407 e. The number of nitrogens with one attached hydrogen (secondary N) is 4. The van der Waals surface area contributed by atoms with Gasteiger partial charge in [-0.25, -0.2) is 19.6 Å². The Morgan fingerprint density at radius 1 is 0.742 bits per heavy atom. The number of piperidine rings is 1. The summed E-state index contributed by atoms with van der Waals surface area (Å²) in [5, 5.41) is 5.44. The van der Waals surface area contributed by atoms with Gasteiger partial charge in [0.1, 0.15) is 23.7 Å². The van der Waals surface area contributed by atoms with E-state index in [1.807, 2.05) is 87.2 Å². The first-order chi connectivity index (χ1) is 29.8. The Morgan fingerprint density at radius 3 is 2.05 bits per heavy atom. The number of ketones is 1. The molecule has 4 amide bonds. The predicted octanol–water partition coefficient (Wildman–Crippen LogP) is 7.31. The number of benzene rings is 3. The molecular weight excluding hydrogens is 789 g/mol. The number of H-pyrrole nitrogens is 2. The number of methoxy groups -OCH3 is 2. The lowest BCUT2D eigenvalue weighted by atomic mass is 9.95. The number of ether oxygens (including phenoxy) is 2. The van der Waals surface area contributed by atoms with Crippen molar-refractivity contribution in [3.8, 4) is 33.5 Å². The maximum atomic E-state index is 14.1. The van der Waals surface area contributed by atoms with Crippen molar-refractivity contribution < 1.29 is 33.4 Å². The van der Waals surface area contributed by atoms with Crippen LogP contribution < -0.4 is 10.6 Å². The Labute approximate surface area is 359 Å². The third-order valence-corrected chi connectivity index (χ3v) is 13.3. The molecule has 0 radical (unpaired) electrons. The lowest BCUT2D eigenvalue weighted by molar-refractivity contribution is -0.139. The van der Waals surface area contributed by atoms with Crippen LogP contribution in [0.2, 0.25) is 0 Å². The van der Waals surface area contributed by atoms with E-state index in [4.69, 9.17) is 14.5 Å². The lowest BCUT2D eigenvalue weighted by Crippen LogP contribution is -2.54. The molecule has 2 aliphatic carbocycles. The molecule has 15 heteroatoms. The van der Waals surface area contributed by atoms with Gasteiger partial charge in [-0.05, 0) is 96.4 Å². The fraction of sp³-hybridized carbons (Fsp3) is 0.426. The van der Waals surface area contributed by atoms with Crippen molar-refractivity contribution in [1.82, 2.24) is 40.4 Å². The lowest BCUT2D eigenvalue weighted by Gasteiger charge is -2.37. The molecule has 2 aromatic heterocycles. The number of carbonyl (C=O) groups excluding carboxylic acids is 5. The van der Waals surface area contributed by atoms with Crippen LogP contribution in [0.1, 0.15) is 99.5 Å². The maximum Gasteiger partial charge on any atom is 0.407 e. The van der Waals surface area contributed by atoms with E-state index in [2.05, 4.69) is 25.6 Å². The first kappa shape index (κ1) is 40.9. The summed E-state index contributed by atoms with van der Waals surface area (Å²) >= 11 is 0. The van der Waals surface area contributed by atoms with Gasteiger partial charge in [-0.15, -0.1) is 0 Å². The molecule has 2 aliphatic heterocycles. The van der Waals surface area contributed by atoms with E-state index in [1.54, 1.807) is 11.1 Å². The van der Waals surface area contributed by atoms with Crippen LogP contribution in [0, 0.1) is 17.8 Å². The summed E-state index contributed by atoms with van der Waals surface area (Å²) in [6, 6.07) is 16.0. The van der Waals surface area contributed by atoms with E-state index < -0.39 is 24.3 Å². The highest BCUT2D eigenvalue weighted by atomic mass is 16.5. The summed E-state index contributed by atoms with van der Waals surface area (Å²) in [7, 11) is 2.57. The van der Waals surface area contributed by atoms with Crippen molar-refractivity contribution in [1.29, 1.82) is 0 Å². The quantitative estimate of drug-likeness (QED) is 0.110. The van der Waals surface area contributed by atoms with Crippen LogP contribution in [0.5, 0.6) is 0 Å². The van der Waals surface area contributed by atoms with Gasteiger partial charge >= 0.3 is 12.2 Å². The highest BCUT2D eigenvalue weighted by molar-refractivity contribution is 6.22. The normalized spacial score (nSPS) is 21.1. The van der Waals surface area contributed by atoms with E-state index in [9.17, 15) is 24.0 Å². The number of aromatic nitrogens is 4. The van der Waals surface area contributed by atoms with E-state index >= 15 is 0 Å². The van der Waals surface area contributed by atoms with Crippen LogP contribution in [-0.4, -0.2) is 98.4 Å². The topological polar surface area (TPSA) is 192 Å². The number of fused-ring (bicyclic) bond motifs is 6. The zero-order valence-corrected chi connectivity index (χ0v) is 35.8. The molecule has 6 atom stereocenters. The standard InChI is InChI=1S/C47H52N8O7/c1-23(2)38(52-46(59)61-5)44(57)54-17-7-8-37(54)42-48-22-36(51-42)27-11-15-31-30-14-10-25(19-32(30)41(56)33(31)20-27)26-12-16-34-35(21-26)50-43(49-34)40-28-9-13-29(18-28)55(40)45(58)39(24(3)4)53-47(60)62-6/h10-12,14-16,19-24,28-29,37-40H,7-9,13,17-18H2,1-6H3,(H,48,51)(H,49,50)(H,52,59)(H,53,60)/t28-,29-,37?,38+,39+,40+/m1/s1. The van der Waals surface area contributed by atoms with E-state index in [0.717, 1.165) is 82.5 Å². The Kier molecular flexibility index (Phi) is 10.6. The zero-order valence-electron chi connectivity index (χ0n) is 35.8. The summed E-state index contributed by atoms with van der Waals surface area (Å²) in [6.45, 7) is 8.15. The summed E-state index contributed by atoms with van der Waals surface area (Å²) in [4.78, 5) is 86.4. The highest BCUT2D eigenvalue weighted by Crippen LogP contribution is 2.50. The number of nitrogens with zero attached hydrogens (tertiary/aromatic N) is 4. The Morgan fingerprint density at radius 2 is 1.37 bits per heavy atom. The summed E-state index contributed by atoms with van der Waals surface area (Å²) in [5.74, 6) is 1.03. The second kappa shape index (κ2) is 16.1. The Bertz CT molecular complexity index is 2610. The second-order valence-electron chi connectivity index (χ2n) is 17.7. The van der Waals surface area contributed by atoms with Crippen LogP contribution in [-0.2, 0) is 19.1 Å². The van der Waals surface area contributed by atoms with Gasteiger partial charge in [0, 0.05) is 29.3 Å². The number of carbonyl (C=O) groups is 5. The van der Waals surface area contributed by atoms with Gasteiger partial charge < -0.3 is 39.9 Å². The van der Waals surface area contributed by atoms with Crippen LogP contribution in [0.25, 0.3) is 44.5 Å². The number of alkyl carbamates (subject to hydrolysis) is 2. The average Bonchev–Trinajstić information content (AvgIpc) is 4.14. The van der Waals surface area contributed by atoms with Crippen molar-refractivity contribution in [2.75, 3.05) is 20.8 Å². The van der Waals surface area contributed by atoms with E-state index in [1.165, 1.54) is 14.2 Å². The van der Waals surface area contributed by atoms with Crippen LogP contribution in [0.15, 0.2) is 60.8 Å². The fourth-order valence-corrected chi connectivity index (χ4v) is 10.1. The molecule has 4 N–H and O–H groups in total. The molecule has 3 aromatic carbocycles. The monoisotopic (exact) mass is 840 g/mol. The van der Waals surface area contributed by atoms with Crippen molar-refractivity contribution in [2.45, 2.75) is 90.0 Å². The highest BCUT2D eigenvalue weighted by Gasteiger charge is 2.51. The fourth-order valence-electron chi connectivity index (χ4n) is 10.1. The third-order valence-electron chi connectivity index (χ3n) is 13.3. The molecule has 2 saturated heterocycles. The van der Waals surface area contributed by atoms with Gasteiger partial charge in [-0.1, -0.05) is 58.0 Å². The minimum Gasteiger partial charge on any atom is -0.453 e. The number of imidazole rings is 2. The van der Waals surface area contributed by atoms with Gasteiger partial charge in [0.2, 0.25) is 11.8 Å². The zero-order chi connectivity index (χ0) is 43.6. The number of rotatable bonds is 10. The van der Waals surface area contributed by atoms with Crippen LogP contribution >= 0.6 is 0 Å². The SMILES string of the molecule is COC(=O)N[C@H](C(=O)N1CCCC1c1ncc(-c2ccc3c(c2)C(=O)c2cc(-c4ccc5nc([C@@H]6[C@@H]7CC[C@H](C7)N6C(=O)[C@@H](NC(=O)OC)C(C)C)[nH]c5c4)ccc2-3)[nH]1)C(C)C. The Balaban J connectivity index is 0.935. The van der Waals surface area contributed by atoms with Crippen LogP contribution in [0.3, 0.4) is 0 Å². The van der Waals surface area contributed by atoms with Gasteiger partial charge in [-0.2, -0.15) is 0 Å². The molecule has 4 aliphatic rings. The summed E-state index contributed by atoms with van der Waals surface area (Å²) in [6.07, 6.45) is 4.83. The minimum absolute atomic E-state index is 0.0591. The van der Waals surface area contributed by atoms with Gasteiger partial charge in [0.15, 0.2) is 5.78 Å². The van der Waals surface area contributed by atoms with Crippen molar-refractivity contribution in [3.05, 3.63) is 83.6 Å². The second-order valence-corrected chi connectivity index (χ2v) is 17.7.